The number of quaternary nitrogens is 1. The van der Waals surface area contributed by atoms with Gasteiger partial charge in [0.1, 0.15) is 9.53 Å². The van der Waals surface area contributed by atoms with E-state index in [4.69, 9.17) is 9.47 Å². The number of ether oxygens (including phenoxy) is 2. The summed E-state index contributed by atoms with van der Waals surface area (Å²) in [6, 6.07) is 0. The minimum absolute atomic E-state index is 0.0962. The minimum Gasteiger partial charge on any atom is -0.465 e. The highest BCUT2D eigenvalue weighted by molar-refractivity contribution is 14.1. The number of amides is 1. The van der Waals surface area contributed by atoms with Crippen LogP contribution in [0.25, 0.3) is 0 Å². The van der Waals surface area contributed by atoms with Crippen LogP contribution in [0, 0.1) is 5.92 Å². The predicted molar refractivity (Wildman–Crippen MR) is 88.7 cm³/mol. The molecular weight excluding hydrogens is 385 g/mol. The molecule has 0 aliphatic carbocycles. The fourth-order valence-electron chi connectivity index (χ4n) is 2.31. The van der Waals surface area contributed by atoms with Crippen molar-refractivity contribution < 1.29 is 24.0 Å². The van der Waals surface area contributed by atoms with E-state index in [-0.39, 0.29) is 16.0 Å². The molecule has 0 spiro atoms. The van der Waals surface area contributed by atoms with Crippen LogP contribution in [0.5, 0.6) is 0 Å². The number of likely N-dealkylation sites (tertiary alicyclic amines) is 1. The van der Waals surface area contributed by atoms with Crippen LogP contribution < -0.4 is 4.90 Å². The molecule has 1 unspecified atom stereocenters. The number of piperidine rings is 1. The van der Waals surface area contributed by atoms with Gasteiger partial charge in [-0.15, -0.1) is 0 Å². The Morgan fingerprint density at radius 2 is 1.86 bits per heavy atom. The molecule has 21 heavy (non-hydrogen) atoms. The lowest BCUT2D eigenvalue weighted by Gasteiger charge is -2.29. The van der Waals surface area contributed by atoms with E-state index in [0.717, 1.165) is 37.3 Å². The van der Waals surface area contributed by atoms with Gasteiger partial charge in [0.15, 0.2) is 0 Å². The summed E-state index contributed by atoms with van der Waals surface area (Å²) >= 11 is 2.05. The van der Waals surface area contributed by atoms with Crippen LogP contribution in [-0.2, 0) is 14.3 Å². The third-order valence-corrected chi connectivity index (χ3v) is 4.00. The number of alkyl carbamates (subject to hydrolysis) is 2. The first-order valence-electron chi connectivity index (χ1n) is 7.58. The predicted octanol–water partition coefficient (Wildman–Crippen LogP) is 1.97. The second kappa shape index (κ2) is 8.31. The maximum absolute atomic E-state index is 12.0. The molecule has 0 radical (unpaired) electrons. The van der Waals surface area contributed by atoms with E-state index in [1.165, 1.54) is 0 Å². The van der Waals surface area contributed by atoms with Gasteiger partial charge in [-0.3, -0.25) is 4.79 Å². The number of esters is 1. The van der Waals surface area contributed by atoms with E-state index in [0.29, 0.717) is 12.5 Å². The summed E-state index contributed by atoms with van der Waals surface area (Å²) < 4.78 is 10.5. The lowest BCUT2D eigenvalue weighted by Crippen LogP contribution is -3.15. The van der Waals surface area contributed by atoms with Gasteiger partial charge in [-0.25, -0.2) is 4.90 Å². The molecule has 0 aromatic carbocycles. The van der Waals surface area contributed by atoms with E-state index in [9.17, 15) is 9.59 Å². The molecule has 1 amide bonds. The molecule has 1 fully saturated rings. The van der Waals surface area contributed by atoms with Crippen molar-refractivity contribution in [2.24, 2.45) is 5.92 Å². The van der Waals surface area contributed by atoms with E-state index in [1.807, 2.05) is 27.7 Å². The smallest absolute Gasteiger partial charge is 0.465 e. The summed E-state index contributed by atoms with van der Waals surface area (Å²) in [4.78, 5) is 24.2. The largest absolute Gasteiger partial charge is 0.514 e. The monoisotopic (exact) mass is 412 g/mol. The normalized spacial score (nSPS) is 24.2. The Morgan fingerprint density at radius 1 is 1.29 bits per heavy atom. The summed E-state index contributed by atoms with van der Waals surface area (Å²) in [5.41, 5.74) is -0.425. The molecule has 1 rings (SSSR count). The van der Waals surface area contributed by atoms with Crippen LogP contribution in [0.2, 0.25) is 0 Å². The topological polar surface area (TPSA) is 57.0 Å². The lowest BCUT2D eigenvalue weighted by molar-refractivity contribution is -0.832. The fraction of sp³-hybridized carbons (Fsp3) is 0.867. The third kappa shape index (κ3) is 7.44. The Balaban J connectivity index is 2.23. The second-order valence-corrected chi connectivity index (χ2v) is 8.49. The molecule has 0 saturated carbocycles. The zero-order valence-electron chi connectivity index (χ0n) is 13.4. The van der Waals surface area contributed by atoms with Gasteiger partial charge in [-0.2, -0.15) is 4.79 Å². The Morgan fingerprint density at radius 3 is 2.33 bits per heavy atom. The number of alkyl halides is 1. The zero-order chi connectivity index (χ0) is 16.0. The molecule has 0 bridgehead atoms. The highest BCUT2D eigenvalue weighted by atomic mass is 127. The van der Waals surface area contributed by atoms with Crippen molar-refractivity contribution in [2.75, 3.05) is 19.7 Å². The van der Waals surface area contributed by atoms with Crippen molar-refractivity contribution in [3.8, 4) is 0 Å². The molecule has 6 heteroatoms. The molecule has 0 aromatic heterocycles. The molecule has 5 nitrogen and oxygen atoms in total. The van der Waals surface area contributed by atoms with Gasteiger partial charge in [-0.1, -0.05) is 22.6 Å². The highest BCUT2D eigenvalue weighted by Crippen LogP contribution is 2.15. The van der Waals surface area contributed by atoms with E-state index in [1.54, 1.807) is 0 Å². The van der Waals surface area contributed by atoms with Crippen LogP contribution in [0.3, 0.4) is 0 Å². The Hall–Kier alpha value is -0.370. The van der Waals surface area contributed by atoms with Gasteiger partial charge in [-0.05, 0) is 40.0 Å². The van der Waals surface area contributed by atoms with Gasteiger partial charge < -0.3 is 9.47 Å². The summed E-state index contributed by atoms with van der Waals surface area (Å²) in [5.74, 6) is 0.390. The molecule has 122 valence electrons. The van der Waals surface area contributed by atoms with E-state index in [2.05, 4.69) is 22.6 Å². The van der Waals surface area contributed by atoms with Crippen LogP contribution in [0.1, 0.15) is 47.0 Å². The molecule has 1 aliphatic heterocycles. The number of hydrogen-bond acceptors (Lipinski definition) is 4. The number of rotatable bonds is 4. The Kier molecular flexibility index (Phi) is 7.39. The number of carbonyl (C=O) groups excluding carboxylic acids is 2. The zero-order valence-corrected chi connectivity index (χ0v) is 15.6. The molecule has 1 heterocycles. The third-order valence-electron chi connectivity index (χ3n) is 3.49. The van der Waals surface area contributed by atoms with Crippen LogP contribution >= 0.6 is 22.6 Å². The first-order valence-corrected chi connectivity index (χ1v) is 8.82. The first-order chi connectivity index (χ1) is 9.69. The highest BCUT2D eigenvalue weighted by Gasteiger charge is 2.31. The first kappa shape index (κ1) is 18.7. The average Bonchev–Trinajstić information content (AvgIpc) is 2.37. The molecular formula is C15H27INO4+. The SMILES string of the molecule is CC(I)C(=O)OCCC1CC[NH+](C(=O)OC(C)(C)C)CC1. The van der Waals surface area contributed by atoms with Crippen LogP contribution in [0.15, 0.2) is 0 Å². The number of hydrogen-bond donors (Lipinski definition) is 1. The summed E-state index contributed by atoms with van der Waals surface area (Å²) in [7, 11) is 0. The van der Waals surface area contributed by atoms with Crippen LogP contribution in [-0.4, -0.2) is 41.3 Å². The fourth-order valence-corrected chi connectivity index (χ4v) is 2.49. The van der Waals surface area contributed by atoms with Crippen molar-refractivity contribution >= 4 is 34.7 Å². The Bertz CT molecular complexity index is 357. The number of carbonyl (C=O) groups is 2. The standard InChI is InChI=1S/C15H26INO4/c1-11(16)13(18)20-10-7-12-5-8-17(9-6-12)14(19)21-15(2,3)4/h11-12H,5-10H2,1-4H3/p+1. The van der Waals surface area contributed by atoms with Gasteiger partial charge in [0.2, 0.25) is 0 Å². The maximum Gasteiger partial charge on any atom is 0.514 e. The second-order valence-electron chi connectivity index (χ2n) is 6.62. The van der Waals surface area contributed by atoms with Gasteiger partial charge >= 0.3 is 12.1 Å². The quantitative estimate of drug-likeness (QED) is 0.436. The average molecular weight is 412 g/mol. The van der Waals surface area contributed by atoms with E-state index >= 15 is 0 Å². The minimum atomic E-state index is -0.425. The van der Waals surface area contributed by atoms with Crippen molar-refractivity contribution in [1.82, 2.24) is 0 Å². The number of nitrogens with one attached hydrogen (secondary N) is 1. The summed E-state index contributed by atoms with van der Waals surface area (Å²) in [5, 5.41) is 0. The van der Waals surface area contributed by atoms with Crippen molar-refractivity contribution in [3.05, 3.63) is 0 Å². The molecule has 1 N–H and O–H groups in total. The number of halogens is 1. The molecule has 1 saturated heterocycles. The van der Waals surface area contributed by atoms with Gasteiger partial charge in [0.05, 0.1) is 19.7 Å². The summed E-state index contributed by atoms with van der Waals surface area (Å²) in [6.45, 7) is 9.58. The van der Waals surface area contributed by atoms with Gasteiger partial charge in [0.25, 0.3) is 0 Å². The van der Waals surface area contributed by atoms with Crippen molar-refractivity contribution in [2.45, 2.75) is 56.5 Å². The van der Waals surface area contributed by atoms with Gasteiger partial charge in [0, 0.05) is 12.8 Å². The lowest BCUT2D eigenvalue weighted by atomic mass is 9.94. The Labute approximate surface area is 140 Å². The van der Waals surface area contributed by atoms with Crippen LogP contribution in [0.4, 0.5) is 4.79 Å². The van der Waals surface area contributed by atoms with Crippen molar-refractivity contribution in [3.63, 3.8) is 0 Å². The maximum atomic E-state index is 12.0. The molecule has 1 atom stereocenters. The summed E-state index contributed by atoms with van der Waals surface area (Å²) in [6.07, 6.45) is 2.69. The molecule has 0 aromatic rings. The van der Waals surface area contributed by atoms with E-state index < -0.39 is 5.60 Å². The molecule has 1 aliphatic rings. The van der Waals surface area contributed by atoms with Crippen molar-refractivity contribution in [1.29, 1.82) is 0 Å².